The Labute approximate surface area is 149 Å². The van der Waals surface area contributed by atoms with Crippen LogP contribution in [0.25, 0.3) is 5.69 Å². The Morgan fingerprint density at radius 2 is 1.83 bits per heavy atom. The van der Waals surface area contributed by atoms with Crippen LogP contribution in [0.1, 0.15) is 16.2 Å². The predicted octanol–water partition coefficient (Wildman–Crippen LogP) is 3.12. The number of rotatable bonds is 4. The SMILES string of the molecule is O=C(NCc1nnnn1-c1ccc(Br)cc1)c1ccccc1Br. The van der Waals surface area contributed by atoms with Gasteiger partial charge in [-0.25, -0.2) is 0 Å². The molecule has 2 aromatic carbocycles. The lowest BCUT2D eigenvalue weighted by Gasteiger charge is -2.07. The van der Waals surface area contributed by atoms with Crippen molar-refractivity contribution in [2.45, 2.75) is 6.54 Å². The number of nitrogens with one attached hydrogen (secondary N) is 1. The molecule has 0 radical (unpaired) electrons. The maximum Gasteiger partial charge on any atom is 0.252 e. The molecular weight excluding hydrogens is 426 g/mol. The number of nitrogens with zero attached hydrogens (tertiary/aromatic N) is 4. The van der Waals surface area contributed by atoms with Crippen molar-refractivity contribution in [1.82, 2.24) is 25.5 Å². The fourth-order valence-corrected chi connectivity index (χ4v) is 2.73. The molecule has 1 amide bonds. The van der Waals surface area contributed by atoms with Gasteiger partial charge >= 0.3 is 0 Å². The molecule has 1 heterocycles. The monoisotopic (exact) mass is 435 g/mol. The third kappa shape index (κ3) is 3.65. The van der Waals surface area contributed by atoms with Gasteiger partial charge in [-0.1, -0.05) is 28.1 Å². The molecule has 1 N–H and O–H groups in total. The first kappa shape index (κ1) is 15.8. The van der Waals surface area contributed by atoms with E-state index in [1.54, 1.807) is 10.7 Å². The number of hydrogen-bond acceptors (Lipinski definition) is 4. The van der Waals surface area contributed by atoms with Crippen LogP contribution < -0.4 is 5.32 Å². The molecular formula is C15H11Br2N5O. The summed E-state index contributed by atoms with van der Waals surface area (Å²) in [7, 11) is 0. The lowest BCUT2D eigenvalue weighted by Crippen LogP contribution is -2.25. The van der Waals surface area contributed by atoms with Crippen LogP contribution in [0, 0.1) is 0 Å². The molecule has 0 aliphatic carbocycles. The number of tetrazole rings is 1. The molecule has 3 rings (SSSR count). The van der Waals surface area contributed by atoms with Gasteiger partial charge in [-0.2, -0.15) is 4.68 Å². The molecule has 0 atom stereocenters. The molecule has 116 valence electrons. The molecule has 0 bridgehead atoms. The number of amides is 1. The van der Waals surface area contributed by atoms with E-state index in [2.05, 4.69) is 52.7 Å². The Bertz CT molecular complexity index is 832. The highest BCUT2D eigenvalue weighted by atomic mass is 79.9. The molecule has 0 unspecified atom stereocenters. The Morgan fingerprint density at radius 3 is 2.57 bits per heavy atom. The van der Waals surface area contributed by atoms with Crippen molar-refractivity contribution in [1.29, 1.82) is 0 Å². The Morgan fingerprint density at radius 1 is 1.09 bits per heavy atom. The van der Waals surface area contributed by atoms with E-state index in [0.717, 1.165) is 14.6 Å². The topological polar surface area (TPSA) is 72.7 Å². The van der Waals surface area contributed by atoms with Gasteiger partial charge < -0.3 is 5.32 Å². The lowest BCUT2D eigenvalue weighted by atomic mass is 10.2. The number of carbonyl (C=O) groups excluding carboxylic acids is 1. The lowest BCUT2D eigenvalue weighted by molar-refractivity contribution is 0.0949. The first-order valence-corrected chi connectivity index (χ1v) is 8.29. The molecule has 6 nitrogen and oxygen atoms in total. The van der Waals surface area contributed by atoms with E-state index in [1.165, 1.54) is 0 Å². The number of halogens is 2. The van der Waals surface area contributed by atoms with E-state index < -0.39 is 0 Å². The zero-order valence-corrected chi connectivity index (χ0v) is 15.0. The van der Waals surface area contributed by atoms with Gasteiger partial charge in [-0.15, -0.1) is 5.10 Å². The Hall–Kier alpha value is -2.06. The second-order valence-corrected chi connectivity index (χ2v) is 6.42. The quantitative estimate of drug-likeness (QED) is 0.681. The van der Waals surface area contributed by atoms with Crippen molar-refractivity contribution in [2.24, 2.45) is 0 Å². The normalized spacial score (nSPS) is 10.5. The minimum Gasteiger partial charge on any atom is -0.345 e. The van der Waals surface area contributed by atoms with Gasteiger partial charge in [0.2, 0.25) is 0 Å². The molecule has 8 heteroatoms. The van der Waals surface area contributed by atoms with E-state index in [0.29, 0.717) is 11.4 Å². The first-order chi connectivity index (χ1) is 11.1. The van der Waals surface area contributed by atoms with Crippen LogP contribution in [0.15, 0.2) is 57.5 Å². The highest BCUT2D eigenvalue weighted by Gasteiger charge is 2.12. The summed E-state index contributed by atoms with van der Waals surface area (Å²) in [5, 5.41) is 14.4. The largest absolute Gasteiger partial charge is 0.345 e. The summed E-state index contributed by atoms with van der Waals surface area (Å²) in [5.74, 6) is 0.357. The smallest absolute Gasteiger partial charge is 0.252 e. The molecule has 0 spiro atoms. The zero-order valence-electron chi connectivity index (χ0n) is 11.8. The summed E-state index contributed by atoms with van der Waals surface area (Å²) in [5.41, 5.74) is 1.39. The third-order valence-electron chi connectivity index (χ3n) is 3.13. The van der Waals surface area contributed by atoms with Gasteiger partial charge in [-0.3, -0.25) is 4.79 Å². The standard InChI is InChI=1S/C15H11Br2N5O/c16-10-5-7-11(8-6-10)22-14(19-20-21-22)9-18-15(23)12-3-1-2-4-13(12)17/h1-8H,9H2,(H,18,23). The average molecular weight is 437 g/mol. The summed E-state index contributed by atoms with van der Waals surface area (Å²) in [6.07, 6.45) is 0. The minimum absolute atomic E-state index is 0.192. The maximum atomic E-state index is 12.2. The predicted molar refractivity (Wildman–Crippen MR) is 92.2 cm³/mol. The molecule has 0 saturated carbocycles. The third-order valence-corrected chi connectivity index (χ3v) is 4.35. The number of hydrogen-bond donors (Lipinski definition) is 1. The summed E-state index contributed by atoms with van der Waals surface area (Å²) in [4.78, 5) is 12.2. The molecule has 1 aromatic heterocycles. The number of carbonyl (C=O) groups is 1. The van der Waals surface area contributed by atoms with Gasteiger partial charge in [0.05, 0.1) is 17.8 Å². The van der Waals surface area contributed by atoms with Crippen molar-refractivity contribution in [3.63, 3.8) is 0 Å². The summed E-state index contributed by atoms with van der Waals surface area (Å²) >= 11 is 6.75. The summed E-state index contributed by atoms with van der Waals surface area (Å²) < 4.78 is 3.30. The molecule has 0 fully saturated rings. The first-order valence-electron chi connectivity index (χ1n) is 6.71. The van der Waals surface area contributed by atoms with Crippen LogP contribution in [-0.4, -0.2) is 26.1 Å². The molecule has 3 aromatic rings. The highest BCUT2D eigenvalue weighted by molar-refractivity contribution is 9.10. The fraction of sp³-hybridized carbons (Fsp3) is 0.0667. The average Bonchev–Trinajstić information content (AvgIpc) is 3.02. The number of benzene rings is 2. The highest BCUT2D eigenvalue weighted by Crippen LogP contribution is 2.16. The van der Waals surface area contributed by atoms with Crippen LogP contribution in [0.2, 0.25) is 0 Å². The van der Waals surface area contributed by atoms with Gasteiger partial charge in [0.1, 0.15) is 0 Å². The molecule has 0 aliphatic heterocycles. The van der Waals surface area contributed by atoms with Crippen LogP contribution in [0.5, 0.6) is 0 Å². The second-order valence-electron chi connectivity index (χ2n) is 4.65. The van der Waals surface area contributed by atoms with Crippen molar-refractivity contribution in [2.75, 3.05) is 0 Å². The molecule has 23 heavy (non-hydrogen) atoms. The second kappa shape index (κ2) is 7.01. The number of aromatic nitrogens is 4. The molecule has 0 aliphatic rings. The Balaban J connectivity index is 1.75. The van der Waals surface area contributed by atoms with Gasteiger partial charge in [-0.05, 0) is 62.8 Å². The fourth-order valence-electron chi connectivity index (χ4n) is 2.00. The van der Waals surface area contributed by atoms with Crippen LogP contribution >= 0.6 is 31.9 Å². The van der Waals surface area contributed by atoms with E-state index in [9.17, 15) is 4.79 Å². The van der Waals surface area contributed by atoms with Crippen LogP contribution in [0.3, 0.4) is 0 Å². The zero-order chi connectivity index (χ0) is 16.2. The van der Waals surface area contributed by atoms with Crippen LogP contribution in [-0.2, 0) is 6.54 Å². The van der Waals surface area contributed by atoms with E-state index >= 15 is 0 Å². The van der Waals surface area contributed by atoms with Crippen molar-refractivity contribution in [3.8, 4) is 5.69 Å². The van der Waals surface area contributed by atoms with Gasteiger partial charge in [0, 0.05) is 8.95 Å². The van der Waals surface area contributed by atoms with Crippen molar-refractivity contribution in [3.05, 3.63) is 68.9 Å². The van der Waals surface area contributed by atoms with E-state index in [1.807, 2.05) is 42.5 Å². The van der Waals surface area contributed by atoms with Crippen molar-refractivity contribution >= 4 is 37.8 Å². The maximum absolute atomic E-state index is 12.2. The van der Waals surface area contributed by atoms with Crippen molar-refractivity contribution < 1.29 is 4.79 Å². The molecule has 0 saturated heterocycles. The van der Waals surface area contributed by atoms with E-state index in [4.69, 9.17) is 0 Å². The minimum atomic E-state index is -0.192. The summed E-state index contributed by atoms with van der Waals surface area (Å²) in [6, 6.07) is 14.8. The van der Waals surface area contributed by atoms with Gasteiger partial charge in [0.25, 0.3) is 5.91 Å². The Kier molecular flexibility index (Phi) is 4.82. The van der Waals surface area contributed by atoms with Crippen LogP contribution in [0.4, 0.5) is 0 Å². The van der Waals surface area contributed by atoms with Gasteiger partial charge in [0.15, 0.2) is 5.82 Å². The van der Waals surface area contributed by atoms with E-state index in [-0.39, 0.29) is 12.5 Å². The summed E-state index contributed by atoms with van der Waals surface area (Å²) in [6.45, 7) is 0.225.